The first-order valence-corrected chi connectivity index (χ1v) is 5.97. The minimum atomic E-state index is -4.68. The number of aliphatic hydroxyl groups excluding tert-OH is 3. The Kier molecular flexibility index (Phi) is 4.80. The van der Waals surface area contributed by atoms with Crippen molar-refractivity contribution in [1.29, 1.82) is 0 Å². The van der Waals surface area contributed by atoms with E-state index in [9.17, 15) is 23.7 Å². The van der Waals surface area contributed by atoms with Gasteiger partial charge in [0.25, 0.3) is 0 Å². The topological polar surface area (TPSA) is 143 Å². The van der Waals surface area contributed by atoms with Gasteiger partial charge >= 0.3 is 10.4 Å². The molecule has 4 N–H and O–H groups in total. The highest BCUT2D eigenvalue weighted by molar-refractivity contribution is 7.80. The second-order valence-electron chi connectivity index (χ2n) is 3.46. The average molecular weight is 274 g/mol. The van der Waals surface area contributed by atoms with Gasteiger partial charge in [-0.1, -0.05) is 0 Å². The van der Waals surface area contributed by atoms with Crippen molar-refractivity contribution in [2.75, 3.05) is 13.7 Å². The third-order valence-corrected chi connectivity index (χ3v) is 2.72. The van der Waals surface area contributed by atoms with E-state index in [0.29, 0.717) is 0 Å². The standard InChI is InChI=1S/C7H14O9S/c1-14-7-6(10)5(9)4(8)3(16-7)2-15-17(11,12)13/h3-10H,2H2,1H3,(H,11,12,13)/t3-,4+,5+,6-,7-/m1/s1. The van der Waals surface area contributed by atoms with Crippen LogP contribution in [0.1, 0.15) is 0 Å². The SMILES string of the molecule is CO[C@@H]1O[C@H](COS(=O)(=O)O)[C@H](O)[C@H](O)[C@H]1O. The lowest BCUT2D eigenvalue weighted by Gasteiger charge is -2.39. The predicted molar refractivity (Wildman–Crippen MR) is 51.2 cm³/mol. The molecular weight excluding hydrogens is 260 g/mol. The summed E-state index contributed by atoms with van der Waals surface area (Å²) in [7, 11) is -3.48. The van der Waals surface area contributed by atoms with Crippen LogP contribution in [0.4, 0.5) is 0 Å². The van der Waals surface area contributed by atoms with E-state index >= 15 is 0 Å². The molecule has 9 nitrogen and oxygen atoms in total. The monoisotopic (exact) mass is 274 g/mol. The maximum Gasteiger partial charge on any atom is 0.397 e. The Morgan fingerprint density at radius 3 is 2.24 bits per heavy atom. The summed E-state index contributed by atoms with van der Waals surface area (Å²) in [4.78, 5) is 0. The lowest BCUT2D eigenvalue weighted by Crippen LogP contribution is -2.59. The van der Waals surface area contributed by atoms with Crippen LogP contribution in [0.2, 0.25) is 0 Å². The first kappa shape index (κ1) is 14.7. The second kappa shape index (κ2) is 5.54. The number of ether oxygens (including phenoxy) is 2. The molecule has 0 aromatic heterocycles. The largest absolute Gasteiger partial charge is 0.397 e. The fraction of sp³-hybridized carbons (Fsp3) is 1.00. The van der Waals surface area contributed by atoms with Crippen LogP contribution in [0, 0.1) is 0 Å². The summed E-state index contributed by atoms with van der Waals surface area (Å²) in [5, 5.41) is 28.3. The van der Waals surface area contributed by atoms with Gasteiger partial charge in [-0.05, 0) is 0 Å². The number of methoxy groups -OCH3 is 1. The van der Waals surface area contributed by atoms with Crippen LogP contribution < -0.4 is 0 Å². The molecule has 1 saturated heterocycles. The van der Waals surface area contributed by atoms with Gasteiger partial charge in [0.05, 0.1) is 6.61 Å². The Morgan fingerprint density at radius 1 is 1.18 bits per heavy atom. The molecule has 1 rings (SSSR count). The molecule has 0 aliphatic carbocycles. The van der Waals surface area contributed by atoms with Crippen LogP contribution >= 0.6 is 0 Å². The average Bonchev–Trinajstić information content (AvgIpc) is 2.24. The van der Waals surface area contributed by atoms with E-state index in [2.05, 4.69) is 8.92 Å². The van der Waals surface area contributed by atoms with E-state index in [-0.39, 0.29) is 0 Å². The first-order chi connectivity index (χ1) is 7.76. The van der Waals surface area contributed by atoms with Gasteiger partial charge in [0.2, 0.25) is 0 Å². The minimum Gasteiger partial charge on any atom is -0.387 e. The Labute approximate surface area is 97.5 Å². The number of aliphatic hydroxyl groups is 3. The molecule has 0 bridgehead atoms. The summed E-state index contributed by atoms with van der Waals surface area (Å²) in [6, 6.07) is 0. The van der Waals surface area contributed by atoms with Gasteiger partial charge in [0, 0.05) is 7.11 Å². The zero-order chi connectivity index (χ0) is 13.2. The summed E-state index contributed by atoms with van der Waals surface area (Å²) in [5.41, 5.74) is 0. The van der Waals surface area contributed by atoms with Gasteiger partial charge in [-0.25, -0.2) is 4.18 Å². The van der Waals surface area contributed by atoms with Crippen LogP contribution in [0.3, 0.4) is 0 Å². The van der Waals surface area contributed by atoms with Crippen LogP contribution in [0.15, 0.2) is 0 Å². The predicted octanol–water partition coefficient (Wildman–Crippen LogP) is -2.74. The molecule has 0 aromatic carbocycles. The van der Waals surface area contributed by atoms with Crippen molar-refractivity contribution in [2.45, 2.75) is 30.7 Å². The van der Waals surface area contributed by atoms with E-state index in [0.717, 1.165) is 0 Å². The zero-order valence-corrected chi connectivity index (χ0v) is 9.65. The van der Waals surface area contributed by atoms with Crippen molar-refractivity contribution in [3.05, 3.63) is 0 Å². The van der Waals surface area contributed by atoms with Crippen molar-refractivity contribution in [3.8, 4) is 0 Å². The van der Waals surface area contributed by atoms with Crippen molar-refractivity contribution in [1.82, 2.24) is 0 Å². The molecule has 102 valence electrons. The molecule has 0 spiro atoms. The van der Waals surface area contributed by atoms with E-state index in [1.54, 1.807) is 0 Å². The van der Waals surface area contributed by atoms with Gasteiger partial charge in [-0.2, -0.15) is 8.42 Å². The van der Waals surface area contributed by atoms with Crippen LogP contribution in [0.25, 0.3) is 0 Å². The molecule has 0 unspecified atom stereocenters. The maximum atomic E-state index is 10.3. The highest BCUT2D eigenvalue weighted by Gasteiger charge is 2.44. The van der Waals surface area contributed by atoms with E-state index in [1.807, 2.05) is 0 Å². The first-order valence-electron chi connectivity index (χ1n) is 4.60. The fourth-order valence-corrected chi connectivity index (χ4v) is 1.71. The molecule has 1 aliphatic heterocycles. The number of hydrogen-bond acceptors (Lipinski definition) is 8. The quantitative estimate of drug-likeness (QED) is 0.401. The zero-order valence-electron chi connectivity index (χ0n) is 8.83. The minimum absolute atomic E-state index is 0.719. The van der Waals surface area contributed by atoms with Gasteiger partial charge in [0.15, 0.2) is 6.29 Å². The second-order valence-corrected chi connectivity index (χ2v) is 4.55. The molecule has 10 heteroatoms. The van der Waals surface area contributed by atoms with Gasteiger partial charge in [0.1, 0.15) is 24.4 Å². The fourth-order valence-electron chi connectivity index (χ4n) is 1.40. The highest BCUT2D eigenvalue weighted by Crippen LogP contribution is 2.22. The smallest absolute Gasteiger partial charge is 0.387 e. The molecule has 1 heterocycles. The lowest BCUT2D eigenvalue weighted by atomic mass is 9.99. The third-order valence-electron chi connectivity index (χ3n) is 2.28. The number of rotatable bonds is 4. The normalized spacial score (nSPS) is 39.2. The summed E-state index contributed by atoms with van der Waals surface area (Å²) in [6.45, 7) is -0.719. The molecule has 0 radical (unpaired) electrons. The van der Waals surface area contributed by atoms with Crippen molar-refractivity contribution in [3.63, 3.8) is 0 Å². The van der Waals surface area contributed by atoms with E-state index in [1.165, 1.54) is 7.11 Å². The van der Waals surface area contributed by atoms with Gasteiger partial charge in [-0.3, -0.25) is 4.55 Å². The molecule has 0 amide bonds. The van der Waals surface area contributed by atoms with E-state index < -0.39 is 47.7 Å². The summed E-state index contributed by atoms with van der Waals surface area (Å²) >= 11 is 0. The third kappa shape index (κ3) is 3.82. The molecule has 17 heavy (non-hydrogen) atoms. The molecule has 5 atom stereocenters. The van der Waals surface area contributed by atoms with Gasteiger partial charge < -0.3 is 24.8 Å². The van der Waals surface area contributed by atoms with Crippen LogP contribution in [-0.2, 0) is 24.1 Å². The molecule has 1 aliphatic rings. The van der Waals surface area contributed by atoms with Crippen LogP contribution in [0.5, 0.6) is 0 Å². The van der Waals surface area contributed by atoms with E-state index in [4.69, 9.17) is 9.29 Å². The summed E-state index contributed by atoms with van der Waals surface area (Å²) < 4.78 is 42.6. The molecule has 0 saturated carbocycles. The maximum absolute atomic E-state index is 10.3. The van der Waals surface area contributed by atoms with Crippen molar-refractivity contribution >= 4 is 10.4 Å². The Morgan fingerprint density at radius 2 is 1.76 bits per heavy atom. The molecule has 0 aromatic rings. The molecular formula is C7H14O9S. The molecule has 1 fully saturated rings. The Balaban J connectivity index is 2.66. The summed E-state index contributed by atoms with van der Waals surface area (Å²) in [5.74, 6) is 0. The van der Waals surface area contributed by atoms with Crippen LogP contribution in [-0.4, -0.2) is 72.7 Å². The number of hydrogen-bond donors (Lipinski definition) is 4. The Bertz CT molecular complexity index is 339. The Hall–Kier alpha value is -0.330. The van der Waals surface area contributed by atoms with Crippen molar-refractivity contribution in [2.24, 2.45) is 0 Å². The van der Waals surface area contributed by atoms with Crippen molar-refractivity contribution < 1.29 is 41.9 Å². The summed E-state index contributed by atoms with van der Waals surface area (Å²) in [6.07, 6.45) is -7.12. The highest BCUT2D eigenvalue weighted by atomic mass is 32.3. The lowest BCUT2D eigenvalue weighted by molar-refractivity contribution is -0.293. The van der Waals surface area contributed by atoms with Gasteiger partial charge in [-0.15, -0.1) is 0 Å².